The zero-order valence-corrected chi connectivity index (χ0v) is 17.5. The van der Waals surface area contributed by atoms with Crippen LogP contribution >= 0.6 is 0 Å². The highest BCUT2D eigenvalue weighted by molar-refractivity contribution is 6.07. The maximum Gasteiger partial charge on any atom is 0.185 e. The van der Waals surface area contributed by atoms with Gasteiger partial charge in [0.1, 0.15) is 11.5 Å². The number of phenols is 1. The van der Waals surface area contributed by atoms with Crippen molar-refractivity contribution < 1.29 is 14.6 Å². The largest absolute Gasteiger partial charge is 0.507 e. The van der Waals surface area contributed by atoms with Crippen molar-refractivity contribution in [2.45, 2.75) is 26.7 Å². The summed E-state index contributed by atoms with van der Waals surface area (Å²) in [7, 11) is 3.41. The molecule has 0 aliphatic heterocycles. The minimum Gasteiger partial charge on any atom is -0.507 e. The quantitative estimate of drug-likeness (QED) is 0.333. The summed E-state index contributed by atoms with van der Waals surface area (Å²) in [5, 5.41) is 13.9. The van der Waals surface area contributed by atoms with Gasteiger partial charge in [-0.2, -0.15) is 0 Å². The van der Waals surface area contributed by atoms with Crippen molar-refractivity contribution in [2.75, 3.05) is 19.5 Å². The Hall–Kier alpha value is -3.27. The lowest BCUT2D eigenvalue weighted by Crippen LogP contribution is -1.99. The Kier molecular flexibility index (Phi) is 8.28. The summed E-state index contributed by atoms with van der Waals surface area (Å²) in [6.07, 6.45) is 12.4. The van der Waals surface area contributed by atoms with E-state index >= 15 is 0 Å². The number of rotatable bonds is 9. The first-order chi connectivity index (χ1) is 14.0. The van der Waals surface area contributed by atoms with Crippen LogP contribution in [0.4, 0.5) is 5.69 Å². The van der Waals surface area contributed by atoms with E-state index in [1.54, 1.807) is 25.3 Å². The van der Waals surface area contributed by atoms with E-state index in [9.17, 15) is 9.90 Å². The third-order valence-corrected chi connectivity index (χ3v) is 4.65. The van der Waals surface area contributed by atoms with E-state index in [1.165, 1.54) is 6.08 Å². The van der Waals surface area contributed by atoms with Crippen LogP contribution in [0.25, 0.3) is 6.08 Å². The third kappa shape index (κ3) is 5.61. The molecule has 2 aromatic rings. The topological polar surface area (TPSA) is 58.6 Å². The molecule has 2 aromatic carbocycles. The van der Waals surface area contributed by atoms with Gasteiger partial charge in [-0.25, -0.2) is 0 Å². The fourth-order valence-corrected chi connectivity index (χ4v) is 3.05. The molecule has 4 nitrogen and oxygen atoms in total. The molecule has 0 saturated carbocycles. The molecule has 0 amide bonds. The monoisotopic (exact) mass is 391 g/mol. The molecule has 0 bridgehead atoms. The summed E-state index contributed by atoms with van der Waals surface area (Å²) in [5.41, 5.74) is 3.81. The summed E-state index contributed by atoms with van der Waals surface area (Å²) in [4.78, 5) is 12.6. The minimum atomic E-state index is -0.136. The number of ether oxygens (including phenoxy) is 1. The molecule has 0 spiro atoms. The molecule has 2 N–H and O–H groups in total. The van der Waals surface area contributed by atoms with Crippen molar-refractivity contribution in [3.05, 3.63) is 83.0 Å². The molecular formula is C25H29NO3. The fourth-order valence-electron chi connectivity index (χ4n) is 3.05. The van der Waals surface area contributed by atoms with E-state index < -0.39 is 0 Å². The van der Waals surface area contributed by atoms with E-state index in [4.69, 9.17) is 4.74 Å². The van der Waals surface area contributed by atoms with Gasteiger partial charge in [-0.1, -0.05) is 24.3 Å². The lowest BCUT2D eigenvalue weighted by Gasteiger charge is -2.15. The van der Waals surface area contributed by atoms with Crippen LogP contribution in [0.1, 0.15) is 40.9 Å². The average molecular weight is 392 g/mol. The summed E-state index contributed by atoms with van der Waals surface area (Å²) < 4.78 is 5.60. The first kappa shape index (κ1) is 22.0. The molecular weight excluding hydrogens is 362 g/mol. The van der Waals surface area contributed by atoms with Crippen LogP contribution in [0.3, 0.4) is 0 Å². The smallest absolute Gasteiger partial charge is 0.185 e. The molecule has 152 valence electrons. The van der Waals surface area contributed by atoms with Gasteiger partial charge >= 0.3 is 0 Å². The molecule has 0 unspecified atom stereocenters. The summed E-state index contributed by atoms with van der Waals surface area (Å²) >= 11 is 0. The Morgan fingerprint density at radius 1 is 1.07 bits per heavy atom. The van der Waals surface area contributed by atoms with Gasteiger partial charge in [-0.15, -0.1) is 0 Å². The van der Waals surface area contributed by atoms with Gasteiger partial charge in [0.15, 0.2) is 5.78 Å². The van der Waals surface area contributed by atoms with Crippen molar-refractivity contribution in [3.8, 4) is 11.5 Å². The number of nitrogens with one attached hydrogen (secondary N) is 1. The second kappa shape index (κ2) is 10.9. The van der Waals surface area contributed by atoms with Crippen molar-refractivity contribution in [1.82, 2.24) is 0 Å². The molecule has 2 rings (SSSR count). The summed E-state index contributed by atoms with van der Waals surface area (Å²) in [5.74, 6) is 0.584. The normalized spacial score (nSPS) is 11.6. The summed E-state index contributed by atoms with van der Waals surface area (Å²) in [6, 6.07) is 9.22. The zero-order chi connectivity index (χ0) is 21.2. The van der Waals surface area contributed by atoms with E-state index in [-0.39, 0.29) is 11.5 Å². The predicted octanol–water partition coefficient (Wildman–Crippen LogP) is 5.58. The van der Waals surface area contributed by atoms with Crippen molar-refractivity contribution in [1.29, 1.82) is 0 Å². The molecule has 0 saturated heterocycles. The van der Waals surface area contributed by atoms with Gasteiger partial charge < -0.3 is 15.2 Å². The molecule has 0 aromatic heterocycles. The molecule has 0 fully saturated rings. The predicted molar refractivity (Wildman–Crippen MR) is 121 cm³/mol. The fraction of sp³-hybridized carbons (Fsp3) is 0.240. The highest BCUT2D eigenvalue weighted by Gasteiger charge is 2.16. The number of hydrogen-bond donors (Lipinski definition) is 2. The highest BCUT2D eigenvalue weighted by Crippen LogP contribution is 2.37. The van der Waals surface area contributed by atoms with Crippen molar-refractivity contribution in [3.63, 3.8) is 0 Å². The van der Waals surface area contributed by atoms with Gasteiger partial charge in [0, 0.05) is 18.3 Å². The minimum absolute atomic E-state index is 0.136. The number of aromatic hydroxyl groups is 1. The van der Waals surface area contributed by atoms with Crippen LogP contribution in [0, 0.1) is 0 Å². The van der Waals surface area contributed by atoms with Crippen molar-refractivity contribution >= 4 is 17.5 Å². The van der Waals surface area contributed by atoms with Gasteiger partial charge in [0.25, 0.3) is 0 Å². The second-order valence-corrected chi connectivity index (χ2v) is 6.56. The molecule has 0 atom stereocenters. The maximum absolute atomic E-state index is 12.6. The van der Waals surface area contributed by atoms with E-state index in [0.29, 0.717) is 29.7 Å². The Morgan fingerprint density at radius 3 is 2.24 bits per heavy atom. The first-order valence-electron chi connectivity index (χ1n) is 9.69. The van der Waals surface area contributed by atoms with Crippen LogP contribution in [-0.4, -0.2) is 25.0 Å². The second-order valence-electron chi connectivity index (χ2n) is 6.56. The van der Waals surface area contributed by atoms with E-state index in [1.807, 2.05) is 63.4 Å². The lowest BCUT2D eigenvalue weighted by molar-refractivity contribution is 0.104. The number of phenolic OH excluding ortho intramolecular Hbond substituents is 1. The molecule has 0 aliphatic rings. The van der Waals surface area contributed by atoms with Crippen LogP contribution in [0.15, 0.2) is 60.7 Å². The number of ketones is 1. The van der Waals surface area contributed by atoms with Gasteiger partial charge in [0.05, 0.1) is 12.7 Å². The molecule has 0 heterocycles. The molecule has 4 heteroatoms. The highest BCUT2D eigenvalue weighted by atomic mass is 16.5. The zero-order valence-electron chi connectivity index (χ0n) is 17.5. The standard InChI is InChI=1S/C25H29NO3/c1-5-7-9-19-17-20(10-8-6-2)25(29-4)22(24(19)28)15-16-23(27)18-11-13-21(26-3)14-12-18/h5-8,11-17,26,28H,9-10H2,1-4H3. The van der Waals surface area contributed by atoms with Crippen LogP contribution in [0.5, 0.6) is 11.5 Å². The van der Waals surface area contributed by atoms with Gasteiger partial charge in [-0.05, 0) is 80.3 Å². The number of carbonyl (C=O) groups excluding carboxylic acids is 1. The maximum atomic E-state index is 12.6. The number of allylic oxidation sites excluding steroid dienone is 5. The summed E-state index contributed by atoms with van der Waals surface area (Å²) in [6.45, 7) is 3.91. The number of anilines is 1. The lowest BCUT2D eigenvalue weighted by atomic mass is 9.97. The van der Waals surface area contributed by atoms with Crippen LogP contribution in [0.2, 0.25) is 0 Å². The Morgan fingerprint density at radius 2 is 1.69 bits per heavy atom. The number of methoxy groups -OCH3 is 1. The van der Waals surface area contributed by atoms with Crippen LogP contribution in [-0.2, 0) is 12.8 Å². The van der Waals surface area contributed by atoms with Crippen LogP contribution < -0.4 is 10.1 Å². The van der Waals surface area contributed by atoms with Crippen molar-refractivity contribution in [2.24, 2.45) is 0 Å². The molecule has 0 aliphatic carbocycles. The number of benzene rings is 2. The Balaban J connectivity index is 2.46. The van der Waals surface area contributed by atoms with Gasteiger partial charge in [-0.3, -0.25) is 4.79 Å². The Labute approximate surface area is 173 Å². The van der Waals surface area contributed by atoms with E-state index in [0.717, 1.165) is 16.8 Å². The average Bonchev–Trinajstić information content (AvgIpc) is 2.75. The van der Waals surface area contributed by atoms with E-state index in [2.05, 4.69) is 5.32 Å². The molecule has 29 heavy (non-hydrogen) atoms. The SMILES string of the molecule is CC=CCc1cc(CC=CC)c(OC)c(C=CC(=O)c2ccc(NC)cc2)c1O. The number of hydrogen-bond acceptors (Lipinski definition) is 4. The molecule has 0 radical (unpaired) electrons. The third-order valence-electron chi connectivity index (χ3n) is 4.65. The van der Waals surface area contributed by atoms with Gasteiger partial charge in [0.2, 0.25) is 0 Å². The Bertz CT molecular complexity index is 922. The number of carbonyl (C=O) groups is 1. The first-order valence-corrected chi connectivity index (χ1v) is 9.69.